The summed E-state index contributed by atoms with van der Waals surface area (Å²) in [4.78, 5) is 4.04. The van der Waals surface area contributed by atoms with E-state index >= 15 is 0 Å². The molecule has 0 aliphatic carbocycles. The first-order valence-corrected chi connectivity index (χ1v) is 13.1. The van der Waals surface area contributed by atoms with Gasteiger partial charge < -0.3 is 9.47 Å². The van der Waals surface area contributed by atoms with Crippen molar-refractivity contribution >= 4 is 21.4 Å². The predicted octanol–water partition coefficient (Wildman–Crippen LogP) is 5.16. The summed E-state index contributed by atoms with van der Waals surface area (Å²) >= 11 is 1.22. The SMILES string of the molecule is COc1cc(CN(CCc2ccncc2)S(=O)(=O)c2cccs2)ccc1OCc1ccccc1. The third-order valence-corrected chi connectivity index (χ3v) is 8.53. The van der Waals surface area contributed by atoms with Crippen molar-refractivity contribution in [1.29, 1.82) is 0 Å². The average Bonchev–Trinajstić information content (AvgIpc) is 3.43. The van der Waals surface area contributed by atoms with Gasteiger partial charge in [-0.3, -0.25) is 4.98 Å². The molecule has 0 saturated carbocycles. The Labute approximate surface area is 204 Å². The molecule has 0 unspecified atom stereocenters. The minimum atomic E-state index is -3.64. The molecule has 4 rings (SSSR count). The number of rotatable bonds is 11. The first kappa shape index (κ1) is 23.9. The number of thiophene rings is 1. The van der Waals surface area contributed by atoms with Crippen LogP contribution in [0.15, 0.2) is 94.8 Å². The van der Waals surface area contributed by atoms with E-state index in [1.807, 2.05) is 60.7 Å². The van der Waals surface area contributed by atoms with Crippen LogP contribution < -0.4 is 9.47 Å². The Morgan fingerprint density at radius 2 is 1.68 bits per heavy atom. The lowest BCUT2D eigenvalue weighted by Gasteiger charge is -2.22. The summed E-state index contributed by atoms with van der Waals surface area (Å²) in [6.45, 7) is 0.987. The van der Waals surface area contributed by atoms with Crippen LogP contribution in [0, 0.1) is 0 Å². The number of hydrogen-bond donors (Lipinski definition) is 0. The number of hydrogen-bond acceptors (Lipinski definition) is 6. The van der Waals surface area contributed by atoms with Crippen molar-refractivity contribution in [1.82, 2.24) is 9.29 Å². The number of benzene rings is 2. The van der Waals surface area contributed by atoms with Crippen molar-refractivity contribution in [2.45, 2.75) is 23.8 Å². The third kappa shape index (κ3) is 6.02. The van der Waals surface area contributed by atoms with Crippen LogP contribution in [0.5, 0.6) is 11.5 Å². The van der Waals surface area contributed by atoms with Gasteiger partial charge in [-0.15, -0.1) is 11.3 Å². The van der Waals surface area contributed by atoms with Gasteiger partial charge in [-0.05, 0) is 58.8 Å². The van der Waals surface area contributed by atoms with Gasteiger partial charge in [0.2, 0.25) is 0 Å². The maximum absolute atomic E-state index is 13.4. The highest BCUT2D eigenvalue weighted by Crippen LogP contribution is 2.30. The number of pyridine rings is 1. The highest BCUT2D eigenvalue weighted by Gasteiger charge is 2.26. The van der Waals surface area contributed by atoms with Gasteiger partial charge >= 0.3 is 0 Å². The van der Waals surface area contributed by atoms with E-state index in [2.05, 4.69) is 4.98 Å². The molecule has 0 aliphatic heterocycles. The van der Waals surface area contributed by atoms with Gasteiger partial charge in [0.05, 0.1) is 7.11 Å². The molecule has 0 radical (unpaired) electrons. The maximum Gasteiger partial charge on any atom is 0.252 e. The van der Waals surface area contributed by atoms with E-state index in [0.29, 0.717) is 35.3 Å². The molecule has 8 heteroatoms. The van der Waals surface area contributed by atoms with Crippen LogP contribution in [0.25, 0.3) is 0 Å². The molecule has 6 nitrogen and oxygen atoms in total. The van der Waals surface area contributed by atoms with E-state index in [1.54, 1.807) is 37.0 Å². The summed E-state index contributed by atoms with van der Waals surface area (Å²) in [5.74, 6) is 1.18. The molecule has 0 aliphatic rings. The predicted molar refractivity (Wildman–Crippen MR) is 134 cm³/mol. The van der Waals surface area contributed by atoms with Gasteiger partial charge in [0.1, 0.15) is 10.8 Å². The fourth-order valence-electron chi connectivity index (χ4n) is 3.49. The molecular weight excluding hydrogens is 468 g/mol. The lowest BCUT2D eigenvalue weighted by atomic mass is 10.1. The number of ether oxygens (including phenoxy) is 2. The van der Waals surface area contributed by atoms with E-state index in [1.165, 1.54) is 15.6 Å². The molecule has 4 aromatic rings. The van der Waals surface area contributed by atoms with E-state index in [0.717, 1.165) is 16.7 Å². The van der Waals surface area contributed by atoms with Gasteiger partial charge in [0.15, 0.2) is 11.5 Å². The summed E-state index contributed by atoms with van der Waals surface area (Å²) in [7, 11) is -2.06. The molecule has 34 heavy (non-hydrogen) atoms. The highest BCUT2D eigenvalue weighted by atomic mass is 32.2. The van der Waals surface area contributed by atoms with Gasteiger partial charge in [0, 0.05) is 25.5 Å². The lowest BCUT2D eigenvalue weighted by Crippen LogP contribution is -2.32. The van der Waals surface area contributed by atoms with Crippen molar-refractivity contribution < 1.29 is 17.9 Å². The van der Waals surface area contributed by atoms with Crippen LogP contribution in [0.3, 0.4) is 0 Å². The van der Waals surface area contributed by atoms with E-state index in [4.69, 9.17) is 9.47 Å². The topological polar surface area (TPSA) is 68.7 Å². The first-order chi connectivity index (χ1) is 16.6. The minimum absolute atomic E-state index is 0.223. The quantitative estimate of drug-likeness (QED) is 0.288. The Bertz CT molecular complexity index is 1280. The Hall–Kier alpha value is -3.20. The zero-order chi connectivity index (χ0) is 23.8. The molecular formula is C26H26N2O4S2. The van der Waals surface area contributed by atoms with Crippen LogP contribution in [-0.4, -0.2) is 31.4 Å². The van der Waals surface area contributed by atoms with Crippen molar-refractivity contribution in [2.24, 2.45) is 0 Å². The first-order valence-electron chi connectivity index (χ1n) is 10.8. The second-order valence-electron chi connectivity index (χ2n) is 7.64. The van der Waals surface area contributed by atoms with Crippen molar-refractivity contribution in [3.8, 4) is 11.5 Å². The van der Waals surface area contributed by atoms with E-state index in [-0.39, 0.29) is 6.54 Å². The van der Waals surface area contributed by atoms with Crippen LogP contribution in [0.1, 0.15) is 16.7 Å². The molecule has 0 bridgehead atoms. The summed E-state index contributed by atoms with van der Waals surface area (Å²) in [5.41, 5.74) is 2.90. The van der Waals surface area contributed by atoms with Crippen LogP contribution in [0.2, 0.25) is 0 Å². The Morgan fingerprint density at radius 3 is 2.38 bits per heavy atom. The van der Waals surface area contributed by atoms with Gasteiger partial charge in [-0.1, -0.05) is 42.5 Å². The summed E-state index contributed by atoms with van der Waals surface area (Å²) in [6.07, 6.45) is 4.02. The molecule has 0 fully saturated rings. The fraction of sp³-hybridized carbons (Fsp3) is 0.192. The normalized spacial score (nSPS) is 11.5. The molecule has 176 valence electrons. The Morgan fingerprint density at radius 1 is 0.882 bits per heavy atom. The zero-order valence-electron chi connectivity index (χ0n) is 18.8. The monoisotopic (exact) mass is 494 g/mol. The number of sulfonamides is 1. The largest absolute Gasteiger partial charge is 0.493 e. The van der Waals surface area contributed by atoms with Crippen LogP contribution in [0.4, 0.5) is 0 Å². The number of methoxy groups -OCH3 is 1. The smallest absolute Gasteiger partial charge is 0.252 e. The van der Waals surface area contributed by atoms with E-state index in [9.17, 15) is 8.42 Å². The van der Waals surface area contributed by atoms with Crippen molar-refractivity contribution in [3.05, 3.63) is 107 Å². The molecule has 2 aromatic heterocycles. The molecule has 0 N–H and O–H groups in total. The minimum Gasteiger partial charge on any atom is -0.493 e. The van der Waals surface area contributed by atoms with Crippen LogP contribution in [-0.2, 0) is 29.6 Å². The molecule has 2 heterocycles. The summed E-state index contributed by atoms with van der Waals surface area (Å²) < 4.78 is 40.1. The van der Waals surface area contributed by atoms with Gasteiger partial charge in [0.25, 0.3) is 10.0 Å². The second-order valence-corrected chi connectivity index (χ2v) is 10.7. The third-order valence-electron chi connectivity index (χ3n) is 5.31. The second kappa shape index (κ2) is 11.3. The molecule has 0 spiro atoms. The number of nitrogens with zero attached hydrogens (tertiary/aromatic N) is 2. The maximum atomic E-state index is 13.4. The molecule has 0 amide bonds. The Balaban J connectivity index is 1.53. The standard InChI is InChI=1S/C26H26N2O4S2/c1-31-25-18-23(9-10-24(25)32-20-22-6-3-2-4-7-22)19-28(16-13-21-11-14-27-15-12-21)34(29,30)26-8-5-17-33-26/h2-12,14-15,17-18H,13,16,19-20H2,1H3. The van der Waals surface area contributed by atoms with E-state index < -0.39 is 10.0 Å². The number of aromatic nitrogens is 1. The van der Waals surface area contributed by atoms with Gasteiger partial charge in [-0.2, -0.15) is 4.31 Å². The average molecular weight is 495 g/mol. The summed E-state index contributed by atoms with van der Waals surface area (Å²) in [5, 5.41) is 1.77. The van der Waals surface area contributed by atoms with Crippen LogP contribution >= 0.6 is 11.3 Å². The summed E-state index contributed by atoms with van der Waals surface area (Å²) in [6, 6.07) is 22.6. The lowest BCUT2D eigenvalue weighted by molar-refractivity contribution is 0.284. The molecule has 0 saturated heterocycles. The van der Waals surface area contributed by atoms with Crippen molar-refractivity contribution in [2.75, 3.05) is 13.7 Å². The zero-order valence-corrected chi connectivity index (χ0v) is 20.5. The Kier molecular flexibility index (Phi) is 7.95. The van der Waals surface area contributed by atoms with Gasteiger partial charge in [-0.25, -0.2) is 8.42 Å². The fourth-order valence-corrected chi connectivity index (χ4v) is 6.07. The van der Waals surface area contributed by atoms with Crippen molar-refractivity contribution in [3.63, 3.8) is 0 Å². The molecule has 0 atom stereocenters. The molecule has 2 aromatic carbocycles. The highest BCUT2D eigenvalue weighted by molar-refractivity contribution is 7.91.